The Morgan fingerprint density at radius 2 is 1.70 bits per heavy atom. The molecule has 0 amide bonds. The minimum absolute atomic E-state index is 0.761. The molecule has 0 spiro atoms. The number of piperazine rings is 1. The summed E-state index contributed by atoms with van der Waals surface area (Å²) in [5.74, 6) is 0. The molecule has 0 bridgehead atoms. The first-order valence-corrected chi connectivity index (χ1v) is 8.20. The number of likely N-dealkylation sites (N-methyl/N-ethyl adjacent to an activating group) is 1. The molecule has 0 radical (unpaired) electrons. The van der Waals surface area contributed by atoms with Crippen molar-refractivity contribution in [1.29, 1.82) is 0 Å². The maximum atomic E-state index is 5.90. The van der Waals surface area contributed by atoms with Crippen LogP contribution in [0.15, 0.2) is 59.0 Å². The lowest BCUT2D eigenvalue weighted by Gasteiger charge is -2.41. The number of hydrogen-bond acceptors (Lipinski definition) is 3. The average molecular weight is 308 g/mol. The fourth-order valence-electron chi connectivity index (χ4n) is 3.32. The fraction of sp³-hybridized carbons (Fsp3) is 0.316. The number of quaternary nitrogens is 1. The van der Waals surface area contributed by atoms with Crippen molar-refractivity contribution in [3.8, 4) is 0 Å². The highest BCUT2D eigenvalue weighted by atomic mass is 16.4. The SMILES string of the molecule is C[N+]1(Cc2ccccc2)CCN(c2nc3ccccc3o2)CC1. The van der Waals surface area contributed by atoms with Crippen molar-refractivity contribution in [2.24, 2.45) is 0 Å². The van der Waals surface area contributed by atoms with E-state index in [-0.39, 0.29) is 0 Å². The zero-order valence-corrected chi connectivity index (χ0v) is 13.5. The van der Waals surface area contributed by atoms with Gasteiger partial charge < -0.3 is 13.8 Å². The van der Waals surface area contributed by atoms with Gasteiger partial charge in [0.05, 0.1) is 33.2 Å². The molecule has 2 aromatic carbocycles. The molecule has 1 aromatic heterocycles. The summed E-state index contributed by atoms with van der Waals surface area (Å²) in [6.45, 7) is 5.26. The molecule has 23 heavy (non-hydrogen) atoms. The number of hydrogen-bond donors (Lipinski definition) is 0. The first-order chi connectivity index (χ1) is 11.2. The normalized spacial score (nSPS) is 17.5. The molecular formula is C19H22N3O+. The summed E-state index contributed by atoms with van der Waals surface area (Å²) in [5, 5.41) is 0. The standard InChI is InChI=1S/C19H22N3O/c1-22(15-16-7-3-2-4-8-16)13-11-21(12-14-22)19-20-17-9-5-6-10-18(17)23-19/h2-10H,11-15H2,1H3/q+1. The monoisotopic (exact) mass is 308 g/mol. The van der Waals surface area contributed by atoms with E-state index in [4.69, 9.17) is 4.42 Å². The number of fused-ring (bicyclic) bond motifs is 1. The van der Waals surface area contributed by atoms with Crippen LogP contribution in [-0.2, 0) is 6.54 Å². The van der Waals surface area contributed by atoms with E-state index in [1.54, 1.807) is 0 Å². The molecule has 1 fully saturated rings. The predicted octanol–water partition coefficient (Wildman–Crippen LogP) is 3.29. The largest absolute Gasteiger partial charge is 0.423 e. The van der Waals surface area contributed by atoms with E-state index < -0.39 is 0 Å². The zero-order valence-electron chi connectivity index (χ0n) is 13.5. The molecule has 4 heteroatoms. The smallest absolute Gasteiger partial charge is 0.298 e. The van der Waals surface area contributed by atoms with Crippen molar-refractivity contribution in [1.82, 2.24) is 4.98 Å². The quantitative estimate of drug-likeness (QED) is 0.695. The fourth-order valence-corrected chi connectivity index (χ4v) is 3.32. The predicted molar refractivity (Wildman–Crippen MR) is 92.3 cm³/mol. The lowest BCUT2D eigenvalue weighted by atomic mass is 10.1. The number of aromatic nitrogens is 1. The second kappa shape index (κ2) is 5.70. The van der Waals surface area contributed by atoms with E-state index in [1.807, 2.05) is 24.3 Å². The highest BCUT2D eigenvalue weighted by molar-refractivity contribution is 5.74. The van der Waals surface area contributed by atoms with Crippen molar-refractivity contribution >= 4 is 17.1 Å². The molecule has 2 heterocycles. The van der Waals surface area contributed by atoms with Crippen molar-refractivity contribution in [3.63, 3.8) is 0 Å². The summed E-state index contributed by atoms with van der Waals surface area (Å²) in [4.78, 5) is 6.89. The third-order valence-electron chi connectivity index (χ3n) is 4.78. The van der Waals surface area contributed by atoms with Gasteiger partial charge in [-0.3, -0.25) is 0 Å². The number of rotatable bonds is 3. The van der Waals surface area contributed by atoms with Gasteiger partial charge in [-0.15, -0.1) is 0 Å². The summed E-state index contributed by atoms with van der Waals surface area (Å²) in [7, 11) is 2.34. The average Bonchev–Trinajstić information content (AvgIpc) is 3.00. The molecule has 0 aliphatic carbocycles. The Morgan fingerprint density at radius 3 is 2.43 bits per heavy atom. The van der Waals surface area contributed by atoms with E-state index in [1.165, 1.54) is 5.56 Å². The molecule has 118 valence electrons. The minimum atomic E-state index is 0.761. The number of para-hydroxylation sites is 2. The van der Waals surface area contributed by atoms with Gasteiger partial charge >= 0.3 is 0 Å². The number of nitrogens with zero attached hydrogens (tertiary/aromatic N) is 3. The van der Waals surface area contributed by atoms with Crippen LogP contribution in [0, 0.1) is 0 Å². The molecule has 1 aliphatic heterocycles. The van der Waals surface area contributed by atoms with Gasteiger partial charge in [0.1, 0.15) is 12.1 Å². The molecule has 0 atom stereocenters. The van der Waals surface area contributed by atoms with Gasteiger partial charge in [-0.2, -0.15) is 4.98 Å². The maximum absolute atomic E-state index is 5.90. The Hall–Kier alpha value is -2.33. The van der Waals surface area contributed by atoms with Crippen LogP contribution in [-0.4, -0.2) is 42.7 Å². The molecule has 4 rings (SSSR count). The molecule has 4 nitrogen and oxygen atoms in total. The Balaban J connectivity index is 1.46. The topological polar surface area (TPSA) is 29.3 Å². The Kier molecular flexibility index (Phi) is 3.54. The van der Waals surface area contributed by atoms with Crippen LogP contribution >= 0.6 is 0 Å². The third-order valence-corrected chi connectivity index (χ3v) is 4.78. The van der Waals surface area contributed by atoms with E-state index in [0.717, 1.165) is 54.3 Å². The minimum Gasteiger partial charge on any atom is -0.423 e. The van der Waals surface area contributed by atoms with Crippen LogP contribution in [0.2, 0.25) is 0 Å². The van der Waals surface area contributed by atoms with Gasteiger partial charge in [0.25, 0.3) is 6.01 Å². The second-order valence-electron chi connectivity index (χ2n) is 6.66. The third kappa shape index (κ3) is 2.94. The highest BCUT2D eigenvalue weighted by Gasteiger charge is 2.30. The van der Waals surface area contributed by atoms with Gasteiger partial charge in [0, 0.05) is 5.56 Å². The van der Waals surface area contributed by atoms with E-state index >= 15 is 0 Å². The van der Waals surface area contributed by atoms with Gasteiger partial charge in [0.2, 0.25) is 0 Å². The summed E-state index contributed by atoms with van der Waals surface area (Å²) < 4.78 is 6.97. The highest BCUT2D eigenvalue weighted by Crippen LogP contribution is 2.24. The number of oxazole rings is 1. The van der Waals surface area contributed by atoms with Crippen LogP contribution in [0.1, 0.15) is 5.56 Å². The van der Waals surface area contributed by atoms with Crippen LogP contribution in [0.5, 0.6) is 0 Å². The second-order valence-corrected chi connectivity index (χ2v) is 6.66. The van der Waals surface area contributed by atoms with Crippen molar-refractivity contribution < 1.29 is 8.90 Å². The molecular weight excluding hydrogens is 286 g/mol. The first kappa shape index (κ1) is 14.3. The maximum Gasteiger partial charge on any atom is 0.298 e. The first-order valence-electron chi connectivity index (χ1n) is 8.20. The Morgan fingerprint density at radius 1 is 1.00 bits per heavy atom. The molecule has 1 aliphatic rings. The van der Waals surface area contributed by atoms with Gasteiger partial charge in [-0.05, 0) is 12.1 Å². The van der Waals surface area contributed by atoms with Crippen molar-refractivity contribution in [2.75, 3.05) is 38.1 Å². The van der Waals surface area contributed by atoms with Gasteiger partial charge in [0.15, 0.2) is 5.58 Å². The van der Waals surface area contributed by atoms with Crippen LogP contribution in [0.3, 0.4) is 0 Å². The van der Waals surface area contributed by atoms with Crippen LogP contribution in [0.4, 0.5) is 6.01 Å². The molecule has 0 unspecified atom stereocenters. The number of benzene rings is 2. The molecule has 0 saturated carbocycles. The molecule has 0 N–H and O–H groups in total. The Bertz CT molecular complexity index is 755. The lowest BCUT2D eigenvalue weighted by Crippen LogP contribution is -2.56. The lowest BCUT2D eigenvalue weighted by molar-refractivity contribution is -0.923. The summed E-state index contributed by atoms with van der Waals surface area (Å²) in [5.41, 5.74) is 3.22. The molecule has 3 aromatic rings. The van der Waals surface area contributed by atoms with Gasteiger partial charge in [-0.25, -0.2) is 0 Å². The van der Waals surface area contributed by atoms with Gasteiger partial charge in [-0.1, -0.05) is 42.5 Å². The van der Waals surface area contributed by atoms with E-state index in [2.05, 4.69) is 47.3 Å². The van der Waals surface area contributed by atoms with E-state index in [9.17, 15) is 0 Å². The van der Waals surface area contributed by atoms with E-state index in [0.29, 0.717) is 0 Å². The van der Waals surface area contributed by atoms with Crippen molar-refractivity contribution in [2.45, 2.75) is 6.54 Å². The Labute approximate surface area is 136 Å². The summed E-state index contributed by atoms with van der Waals surface area (Å²) in [6, 6.07) is 19.5. The summed E-state index contributed by atoms with van der Waals surface area (Å²) >= 11 is 0. The van der Waals surface area contributed by atoms with Crippen molar-refractivity contribution in [3.05, 3.63) is 60.2 Å². The van der Waals surface area contributed by atoms with Crippen LogP contribution in [0.25, 0.3) is 11.1 Å². The summed E-state index contributed by atoms with van der Waals surface area (Å²) in [6.07, 6.45) is 0. The van der Waals surface area contributed by atoms with Crippen LogP contribution < -0.4 is 4.90 Å². The number of anilines is 1. The zero-order chi connectivity index (χ0) is 15.7. The molecule has 1 saturated heterocycles.